The molecule has 0 bridgehead atoms. The second-order valence-corrected chi connectivity index (χ2v) is 11.6. The molecule has 3 amide bonds. The third-order valence-corrected chi connectivity index (χ3v) is 6.65. The zero-order chi connectivity index (χ0) is 32.7. The number of carbonyl (C=O) groups is 4. The summed E-state index contributed by atoms with van der Waals surface area (Å²) in [6, 6.07) is 25.7. The smallest absolute Gasteiger partial charge is 0.408 e. The van der Waals surface area contributed by atoms with Crippen LogP contribution in [0.5, 0.6) is 0 Å². The number of alkyl carbamates (subject to hydrolysis) is 2. The maximum Gasteiger partial charge on any atom is 0.408 e. The van der Waals surface area contributed by atoms with Crippen molar-refractivity contribution in [2.75, 3.05) is 6.54 Å². The van der Waals surface area contributed by atoms with E-state index in [0.717, 1.165) is 11.1 Å². The van der Waals surface area contributed by atoms with E-state index < -0.39 is 47.9 Å². The Kier molecular flexibility index (Phi) is 13.4. The molecule has 0 aliphatic carbocycles. The van der Waals surface area contributed by atoms with Crippen LogP contribution in [0.25, 0.3) is 0 Å². The van der Waals surface area contributed by atoms with Crippen molar-refractivity contribution in [1.82, 2.24) is 16.0 Å². The summed E-state index contributed by atoms with van der Waals surface area (Å²) in [4.78, 5) is 51.9. The molecular formula is C35H43N3O7. The summed E-state index contributed by atoms with van der Waals surface area (Å²) in [6.07, 6.45) is -1.44. The Bertz CT molecular complexity index is 1360. The molecule has 0 heterocycles. The van der Waals surface area contributed by atoms with Crippen molar-refractivity contribution in [3.05, 3.63) is 108 Å². The topological polar surface area (TPSA) is 132 Å². The third kappa shape index (κ3) is 12.7. The van der Waals surface area contributed by atoms with Crippen LogP contribution in [-0.4, -0.2) is 48.4 Å². The summed E-state index contributed by atoms with van der Waals surface area (Å²) in [6.45, 7) is 7.46. The van der Waals surface area contributed by atoms with E-state index in [1.807, 2.05) is 67.6 Å². The first-order valence-electron chi connectivity index (χ1n) is 15.1. The van der Waals surface area contributed by atoms with Crippen molar-refractivity contribution in [2.24, 2.45) is 0 Å². The Balaban J connectivity index is 1.70. The average Bonchev–Trinajstić information content (AvgIpc) is 3.02. The van der Waals surface area contributed by atoms with Crippen molar-refractivity contribution in [3.63, 3.8) is 0 Å². The molecule has 0 aliphatic rings. The van der Waals surface area contributed by atoms with Gasteiger partial charge < -0.3 is 30.2 Å². The van der Waals surface area contributed by atoms with Gasteiger partial charge in [0.25, 0.3) is 5.91 Å². The normalized spacial score (nSPS) is 13.0. The second kappa shape index (κ2) is 17.4. The predicted molar refractivity (Wildman–Crippen MR) is 170 cm³/mol. The van der Waals surface area contributed by atoms with Gasteiger partial charge in [0.1, 0.15) is 12.2 Å². The minimum atomic E-state index is -1.37. The summed E-state index contributed by atoms with van der Waals surface area (Å²) in [5.41, 5.74) is 1.21. The van der Waals surface area contributed by atoms with Crippen molar-refractivity contribution in [1.29, 1.82) is 0 Å². The van der Waals surface area contributed by atoms with Gasteiger partial charge in [-0.25, -0.2) is 14.4 Å². The number of hydrogen-bond donors (Lipinski definition) is 3. The monoisotopic (exact) mass is 617 g/mol. The maximum atomic E-state index is 13.7. The highest BCUT2D eigenvalue weighted by Gasteiger charge is 2.35. The molecule has 10 nitrogen and oxygen atoms in total. The fourth-order valence-electron chi connectivity index (χ4n) is 4.41. The molecule has 2 unspecified atom stereocenters. The first-order valence-corrected chi connectivity index (χ1v) is 15.1. The molecule has 0 fully saturated rings. The van der Waals surface area contributed by atoms with Gasteiger partial charge >= 0.3 is 18.2 Å². The van der Waals surface area contributed by atoms with Crippen LogP contribution in [0, 0.1) is 0 Å². The number of ether oxygens (including phenoxy) is 3. The highest BCUT2D eigenvalue weighted by molar-refractivity contribution is 5.92. The molecule has 0 aliphatic heterocycles. The second-order valence-electron chi connectivity index (χ2n) is 11.6. The molecule has 0 spiro atoms. The van der Waals surface area contributed by atoms with Crippen LogP contribution >= 0.6 is 0 Å². The van der Waals surface area contributed by atoms with E-state index in [1.165, 1.54) is 0 Å². The number of benzene rings is 3. The van der Waals surface area contributed by atoms with Gasteiger partial charge in [-0.1, -0.05) is 78.9 Å². The van der Waals surface area contributed by atoms with Crippen molar-refractivity contribution >= 4 is 24.1 Å². The van der Waals surface area contributed by atoms with Gasteiger partial charge in [0.05, 0.1) is 17.6 Å². The Hall–Kier alpha value is -4.86. The number of hydrogen-bond acceptors (Lipinski definition) is 7. The van der Waals surface area contributed by atoms with Gasteiger partial charge in [0.15, 0.2) is 0 Å². The van der Waals surface area contributed by atoms with E-state index in [1.54, 1.807) is 51.1 Å². The fraction of sp³-hybridized carbons (Fsp3) is 0.371. The third-order valence-electron chi connectivity index (χ3n) is 6.65. The zero-order valence-electron chi connectivity index (χ0n) is 26.3. The molecule has 3 atom stereocenters. The van der Waals surface area contributed by atoms with E-state index in [-0.39, 0.29) is 18.6 Å². The quantitative estimate of drug-likeness (QED) is 0.113. The number of unbranched alkanes of at least 4 members (excludes halogenated alkanes) is 1. The van der Waals surface area contributed by atoms with Crippen LogP contribution in [0.3, 0.4) is 0 Å². The Morgan fingerprint density at radius 3 is 1.98 bits per heavy atom. The molecule has 10 heteroatoms. The Labute approximate surface area is 264 Å². The molecule has 240 valence electrons. The number of rotatable bonds is 14. The molecule has 0 saturated carbocycles. The average molecular weight is 618 g/mol. The van der Waals surface area contributed by atoms with Gasteiger partial charge in [-0.15, -0.1) is 0 Å². The zero-order valence-corrected chi connectivity index (χ0v) is 26.3. The molecule has 0 saturated heterocycles. The molecule has 0 aromatic heterocycles. The minimum Gasteiger partial charge on any atom is -0.446 e. The molecule has 0 radical (unpaired) electrons. The lowest BCUT2D eigenvalue weighted by atomic mass is 10.0. The maximum absolute atomic E-state index is 13.7. The van der Waals surface area contributed by atoms with Crippen LogP contribution in [-0.2, 0) is 25.6 Å². The van der Waals surface area contributed by atoms with Crippen LogP contribution in [0.1, 0.15) is 74.5 Å². The molecular weight excluding hydrogens is 574 g/mol. The number of amides is 3. The fourth-order valence-corrected chi connectivity index (χ4v) is 4.41. The lowest BCUT2D eigenvalue weighted by Gasteiger charge is -2.29. The molecule has 3 N–H and O–H groups in total. The van der Waals surface area contributed by atoms with Gasteiger partial charge in [0.2, 0.25) is 6.10 Å². The van der Waals surface area contributed by atoms with Gasteiger partial charge in [-0.3, -0.25) is 4.79 Å². The summed E-state index contributed by atoms with van der Waals surface area (Å²) >= 11 is 0. The standard InChI is InChI=1S/C35H43N3O7/c1-25(27-18-10-6-11-19-27)37-31(39)30(44-32(40)28-20-12-7-13-21-28)29(38-34(42)45-35(2,3)4)22-14-15-23-36-33(41)43-24-26-16-8-5-9-17-26/h5-13,16-21,25,29-30H,14-15,22-24H2,1-4H3,(H,36,41)(H,37,39)(H,38,42)/t25-,29?,30?/m1/s1. The van der Waals surface area contributed by atoms with Crippen molar-refractivity contribution in [3.8, 4) is 0 Å². The van der Waals surface area contributed by atoms with Gasteiger partial charge in [-0.2, -0.15) is 0 Å². The number of esters is 1. The van der Waals surface area contributed by atoms with Crippen LogP contribution in [0.2, 0.25) is 0 Å². The van der Waals surface area contributed by atoms with Gasteiger partial charge in [-0.05, 0) is 70.2 Å². The van der Waals surface area contributed by atoms with Crippen molar-refractivity contribution in [2.45, 2.75) is 77.4 Å². The highest BCUT2D eigenvalue weighted by atomic mass is 16.6. The van der Waals surface area contributed by atoms with E-state index in [4.69, 9.17) is 14.2 Å². The van der Waals surface area contributed by atoms with E-state index in [0.29, 0.717) is 19.4 Å². The van der Waals surface area contributed by atoms with E-state index in [9.17, 15) is 19.2 Å². The van der Waals surface area contributed by atoms with Crippen molar-refractivity contribution < 1.29 is 33.4 Å². The molecule has 3 aromatic rings. The molecule has 3 aromatic carbocycles. The van der Waals surface area contributed by atoms with Crippen LogP contribution in [0.15, 0.2) is 91.0 Å². The molecule has 3 rings (SSSR count). The summed E-state index contributed by atoms with van der Waals surface area (Å²) in [5, 5.41) is 8.38. The predicted octanol–water partition coefficient (Wildman–Crippen LogP) is 6.08. The number of carbonyl (C=O) groups excluding carboxylic acids is 4. The first kappa shape index (κ1) is 34.6. The van der Waals surface area contributed by atoms with Crippen LogP contribution in [0.4, 0.5) is 9.59 Å². The lowest BCUT2D eigenvalue weighted by Crippen LogP contribution is -2.53. The summed E-state index contributed by atoms with van der Waals surface area (Å²) < 4.78 is 16.5. The van der Waals surface area contributed by atoms with Gasteiger partial charge in [0, 0.05) is 6.54 Å². The van der Waals surface area contributed by atoms with Crippen LogP contribution < -0.4 is 16.0 Å². The Morgan fingerprint density at radius 1 is 0.756 bits per heavy atom. The number of nitrogens with one attached hydrogen (secondary N) is 3. The van der Waals surface area contributed by atoms with E-state index in [2.05, 4.69) is 16.0 Å². The SMILES string of the molecule is C[C@@H](NC(=O)C(OC(=O)c1ccccc1)C(CCCCNC(=O)OCc1ccccc1)NC(=O)OC(C)(C)C)c1ccccc1. The largest absolute Gasteiger partial charge is 0.446 e. The highest BCUT2D eigenvalue weighted by Crippen LogP contribution is 2.17. The Morgan fingerprint density at radius 2 is 1.36 bits per heavy atom. The first-order chi connectivity index (χ1) is 21.5. The lowest BCUT2D eigenvalue weighted by molar-refractivity contribution is -0.132. The summed E-state index contributed by atoms with van der Waals surface area (Å²) in [5.74, 6) is -1.28. The molecule has 45 heavy (non-hydrogen) atoms. The minimum absolute atomic E-state index is 0.152. The summed E-state index contributed by atoms with van der Waals surface area (Å²) in [7, 11) is 0. The van der Waals surface area contributed by atoms with E-state index >= 15 is 0 Å².